The number of thioether (sulfide) groups is 1. The average Bonchev–Trinajstić information content (AvgIpc) is 3.07. The predicted molar refractivity (Wildman–Crippen MR) is 119 cm³/mol. The van der Waals surface area contributed by atoms with Gasteiger partial charge in [0.15, 0.2) is 0 Å². The molecule has 0 unspecified atom stereocenters. The van der Waals surface area contributed by atoms with Crippen molar-refractivity contribution in [3.8, 4) is 0 Å². The van der Waals surface area contributed by atoms with Gasteiger partial charge in [-0.2, -0.15) is 0 Å². The third-order valence-corrected chi connectivity index (χ3v) is 6.26. The van der Waals surface area contributed by atoms with Crippen LogP contribution in [-0.2, 0) is 15.3 Å². The number of carbonyl (C=O) groups excluding carboxylic acids is 2. The molecule has 1 aromatic heterocycles. The maximum atomic E-state index is 12.3. The number of thiazole rings is 1. The van der Waals surface area contributed by atoms with Gasteiger partial charge in [-0.25, -0.2) is 4.98 Å². The van der Waals surface area contributed by atoms with Crippen LogP contribution in [0.1, 0.15) is 24.4 Å². The Hall–Kier alpha value is -2.38. The van der Waals surface area contributed by atoms with Gasteiger partial charge in [0.25, 0.3) is 0 Å². The fourth-order valence-corrected chi connectivity index (χ4v) is 4.37. The zero-order chi connectivity index (χ0) is 20.1. The van der Waals surface area contributed by atoms with E-state index in [4.69, 9.17) is 0 Å². The Morgan fingerprint density at radius 2 is 1.93 bits per heavy atom. The van der Waals surface area contributed by atoms with Gasteiger partial charge in [0, 0.05) is 23.0 Å². The van der Waals surface area contributed by atoms with E-state index in [1.807, 2.05) is 51.1 Å². The molecule has 0 aliphatic carbocycles. The first-order chi connectivity index (χ1) is 13.4. The second-order valence-electron chi connectivity index (χ2n) is 6.79. The SMILES string of the molecule is Cc1ccc(NC(=O)C(C)C)cc1NC(=O)CSCc1nc2ccccc2s1. The largest absolute Gasteiger partial charge is 0.326 e. The summed E-state index contributed by atoms with van der Waals surface area (Å²) < 4.78 is 1.17. The zero-order valence-electron chi connectivity index (χ0n) is 16.1. The number of hydrogen-bond acceptors (Lipinski definition) is 5. The summed E-state index contributed by atoms with van der Waals surface area (Å²) in [5.74, 6) is 0.834. The molecule has 0 atom stereocenters. The molecule has 0 aliphatic heterocycles. The summed E-state index contributed by atoms with van der Waals surface area (Å²) in [6, 6.07) is 13.6. The lowest BCUT2D eigenvalue weighted by molar-refractivity contribution is -0.119. The van der Waals surface area contributed by atoms with Crippen molar-refractivity contribution < 1.29 is 9.59 Å². The number of nitrogens with zero attached hydrogens (tertiary/aromatic N) is 1. The van der Waals surface area contributed by atoms with Gasteiger partial charge in [0.2, 0.25) is 11.8 Å². The number of hydrogen-bond donors (Lipinski definition) is 2. The molecule has 0 saturated carbocycles. The molecule has 3 rings (SSSR count). The van der Waals surface area contributed by atoms with E-state index in [9.17, 15) is 9.59 Å². The molecule has 1 heterocycles. The highest BCUT2D eigenvalue weighted by molar-refractivity contribution is 7.99. The minimum absolute atomic E-state index is 0.0486. The van der Waals surface area contributed by atoms with Crippen molar-refractivity contribution in [3.05, 3.63) is 53.0 Å². The zero-order valence-corrected chi connectivity index (χ0v) is 17.7. The van der Waals surface area contributed by atoms with Crippen LogP contribution in [-0.4, -0.2) is 22.6 Å². The Balaban J connectivity index is 1.54. The lowest BCUT2D eigenvalue weighted by Crippen LogP contribution is -2.18. The Morgan fingerprint density at radius 1 is 1.14 bits per heavy atom. The van der Waals surface area contributed by atoms with Gasteiger partial charge in [0.1, 0.15) is 5.01 Å². The van der Waals surface area contributed by atoms with Crippen LogP contribution >= 0.6 is 23.1 Å². The van der Waals surface area contributed by atoms with Crippen LogP contribution < -0.4 is 10.6 Å². The van der Waals surface area contributed by atoms with E-state index in [1.165, 1.54) is 16.5 Å². The van der Waals surface area contributed by atoms with Gasteiger partial charge in [-0.15, -0.1) is 23.1 Å². The maximum Gasteiger partial charge on any atom is 0.234 e. The van der Waals surface area contributed by atoms with Crippen LogP contribution in [0.25, 0.3) is 10.2 Å². The van der Waals surface area contributed by atoms with Crippen LogP contribution in [0.3, 0.4) is 0 Å². The van der Waals surface area contributed by atoms with E-state index in [0.29, 0.717) is 22.9 Å². The minimum Gasteiger partial charge on any atom is -0.326 e. The number of nitrogens with one attached hydrogen (secondary N) is 2. The van der Waals surface area contributed by atoms with Crippen LogP contribution in [0.2, 0.25) is 0 Å². The maximum absolute atomic E-state index is 12.3. The highest BCUT2D eigenvalue weighted by Gasteiger charge is 2.11. The number of amides is 2. The lowest BCUT2D eigenvalue weighted by atomic mass is 10.1. The van der Waals surface area contributed by atoms with E-state index in [2.05, 4.69) is 21.7 Å². The van der Waals surface area contributed by atoms with Crippen molar-refractivity contribution in [2.75, 3.05) is 16.4 Å². The molecule has 3 aromatic rings. The highest BCUT2D eigenvalue weighted by atomic mass is 32.2. The van der Waals surface area contributed by atoms with Gasteiger partial charge >= 0.3 is 0 Å². The van der Waals surface area contributed by atoms with Gasteiger partial charge in [-0.3, -0.25) is 9.59 Å². The summed E-state index contributed by atoms with van der Waals surface area (Å²) in [5, 5.41) is 6.82. The third-order valence-electron chi connectivity index (χ3n) is 4.10. The molecule has 0 bridgehead atoms. The molecule has 7 heteroatoms. The second kappa shape index (κ2) is 9.21. The van der Waals surface area contributed by atoms with Crippen LogP contribution in [0.4, 0.5) is 11.4 Å². The summed E-state index contributed by atoms with van der Waals surface area (Å²) in [7, 11) is 0. The Bertz CT molecular complexity index is 965. The van der Waals surface area contributed by atoms with Crippen molar-refractivity contribution in [2.24, 2.45) is 5.92 Å². The first kappa shape index (κ1) is 20.4. The highest BCUT2D eigenvalue weighted by Crippen LogP contribution is 2.25. The molecule has 0 radical (unpaired) electrons. The smallest absolute Gasteiger partial charge is 0.234 e. The first-order valence-electron chi connectivity index (χ1n) is 9.06. The number of aromatic nitrogens is 1. The molecule has 5 nitrogen and oxygen atoms in total. The molecule has 146 valence electrons. The van der Waals surface area contributed by atoms with Crippen molar-refractivity contribution in [2.45, 2.75) is 26.5 Å². The third kappa shape index (κ3) is 5.33. The topological polar surface area (TPSA) is 71.1 Å². The number of fused-ring (bicyclic) bond motifs is 1. The van der Waals surface area contributed by atoms with Crippen LogP contribution in [0.5, 0.6) is 0 Å². The number of rotatable bonds is 7. The number of para-hydroxylation sites is 1. The van der Waals surface area contributed by atoms with E-state index in [-0.39, 0.29) is 17.7 Å². The van der Waals surface area contributed by atoms with E-state index < -0.39 is 0 Å². The number of benzene rings is 2. The molecule has 2 amide bonds. The standard InChI is InChI=1S/C21H23N3O2S2/c1-13(2)21(26)22-15-9-8-14(3)17(10-15)23-19(25)11-27-12-20-24-16-6-4-5-7-18(16)28-20/h4-10,13H,11-12H2,1-3H3,(H,22,26)(H,23,25). The second-order valence-corrected chi connectivity index (χ2v) is 8.89. The monoisotopic (exact) mass is 413 g/mol. The van der Waals surface area contributed by atoms with Crippen LogP contribution in [0.15, 0.2) is 42.5 Å². The van der Waals surface area contributed by atoms with Crippen molar-refractivity contribution in [1.29, 1.82) is 0 Å². The molecule has 0 saturated heterocycles. The fourth-order valence-electron chi connectivity index (χ4n) is 2.52. The summed E-state index contributed by atoms with van der Waals surface area (Å²) in [4.78, 5) is 28.8. The van der Waals surface area contributed by atoms with Crippen molar-refractivity contribution in [3.63, 3.8) is 0 Å². The molecular formula is C21H23N3O2S2. The first-order valence-corrected chi connectivity index (χ1v) is 11.0. The molecular weight excluding hydrogens is 390 g/mol. The van der Waals surface area contributed by atoms with E-state index in [1.54, 1.807) is 17.4 Å². The van der Waals surface area contributed by atoms with Crippen molar-refractivity contribution in [1.82, 2.24) is 4.98 Å². The summed E-state index contributed by atoms with van der Waals surface area (Å²) in [5.41, 5.74) is 3.35. The number of aryl methyl sites for hydroxylation is 1. The molecule has 0 aliphatic rings. The minimum atomic E-state index is -0.0988. The normalized spacial score (nSPS) is 11.0. The Kier molecular flexibility index (Phi) is 6.70. The number of anilines is 2. The quantitative estimate of drug-likeness (QED) is 0.567. The molecule has 28 heavy (non-hydrogen) atoms. The fraction of sp³-hybridized carbons (Fsp3) is 0.286. The van der Waals surface area contributed by atoms with Crippen molar-refractivity contribution >= 4 is 56.5 Å². The Labute approximate surface area is 172 Å². The summed E-state index contributed by atoms with van der Waals surface area (Å²) in [6.07, 6.45) is 0. The molecule has 2 N–H and O–H groups in total. The predicted octanol–water partition coefficient (Wildman–Crippen LogP) is 5.07. The lowest BCUT2D eigenvalue weighted by Gasteiger charge is -2.12. The summed E-state index contributed by atoms with van der Waals surface area (Å²) in [6.45, 7) is 5.61. The average molecular weight is 414 g/mol. The Morgan fingerprint density at radius 3 is 2.68 bits per heavy atom. The molecule has 0 fully saturated rings. The van der Waals surface area contributed by atoms with Crippen LogP contribution in [0, 0.1) is 12.8 Å². The summed E-state index contributed by atoms with van der Waals surface area (Å²) >= 11 is 3.20. The molecule has 0 spiro atoms. The number of carbonyl (C=O) groups is 2. The van der Waals surface area contributed by atoms with E-state index in [0.717, 1.165) is 16.1 Å². The van der Waals surface area contributed by atoms with E-state index >= 15 is 0 Å². The van der Waals surface area contributed by atoms with Gasteiger partial charge < -0.3 is 10.6 Å². The molecule has 2 aromatic carbocycles. The van der Waals surface area contributed by atoms with Gasteiger partial charge in [0.05, 0.1) is 16.0 Å². The van der Waals surface area contributed by atoms with Gasteiger partial charge in [-0.05, 0) is 36.8 Å². The van der Waals surface area contributed by atoms with Gasteiger partial charge in [-0.1, -0.05) is 32.0 Å².